The number of thiocarbonyl (C=S) groups is 1. The summed E-state index contributed by atoms with van der Waals surface area (Å²) in [4.78, 5) is 3.96. The average molecular weight is 252 g/mol. The molecule has 86 valence electrons. The van der Waals surface area contributed by atoms with Crippen LogP contribution in [-0.4, -0.2) is 24.3 Å². The van der Waals surface area contributed by atoms with Crippen LogP contribution in [0.1, 0.15) is 18.4 Å². The molecular weight excluding hydrogens is 236 g/mol. The number of thioether (sulfide) groups is 1. The number of nitrogens with zero attached hydrogens (tertiary/aromatic N) is 1. The largest absolute Gasteiger partial charge is 0.389 e. The second-order valence-corrected chi connectivity index (χ2v) is 5.35. The fraction of sp³-hybridized carbons (Fsp3) is 0.417. The fourth-order valence-corrected chi connectivity index (χ4v) is 2.80. The second kappa shape index (κ2) is 4.63. The van der Waals surface area contributed by atoms with Gasteiger partial charge < -0.3 is 10.6 Å². The Kier molecular flexibility index (Phi) is 3.40. The molecule has 1 aromatic carbocycles. The van der Waals surface area contributed by atoms with Crippen LogP contribution in [0.2, 0.25) is 0 Å². The van der Waals surface area contributed by atoms with Crippen molar-refractivity contribution in [1.29, 1.82) is 0 Å². The SMILES string of the molecule is CSc1cccc(N(C)C2CC2)c1C(N)=S. The highest BCUT2D eigenvalue weighted by atomic mass is 32.2. The highest BCUT2D eigenvalue weighted by molar-refractivity contribution is 7.98. The Hall–Kier alpha value is -0.740. The topological polar surface area (TPSA) is 29.3 Å². The third-order valence-electron chi connectivity index (χ3n) is 2.95. The molecular formula is C12H16N2S2. The van der Waals surface area contributed by atoms with Crippen LogP contribution < -0.4 is 10.6 Å². The maximum atomic E-state index is 5.84. The highest BCUT2D eigenvalue weighted by Crippen LogP contribution is 2.35. The van der Waals surface area contributed by atoms with E-state index >= 15 is 0 Å². The van der Waals surface area contributed by atoms with E-state index < -0.39 is 0 Å². The number of benzene rings is 1. The summed E-state index contributed by atoms with van der Waals surface area (Å²) in [6.45, 7) is 0. The standard InChI is InChI=1S/C12H16N2S2/c1-14(8-6-7-8)9-4-3-5-10(16-2)11(9)12(13)15/h3-5,8H,6-7H2,1-2H3,(H2,13,15). The molecule has 0 aromatic heterocycles. The van der Waals surface area contributed by atoms with Crippen LogP contribution in [0.25, 0.3) is 0 Å². The molecule has 0 amide bonds. The number of hydrogen-bond acceptors (Lipinski definition) is 3. The van der Waals surface area contributed by atoms with Crippen molar-refractivity contribution in [2.45, 2.75) is 23.8 Å². The van der Waals surface area contributed by atoms with Gasteiger partial charge in [0, 0.05) is 29.2 Å². The van der Waals surface area contributed by atoms with Crippen molar-refractivity contribution in [2.75, 3.05) is 18.2 Å². The van der Waals surface area contributed by atoms with Crippen molar-refractivity contribution in [3.8, 4) is 0 Å². The van der Waals surface area contributed by atoms with Gasteiger partial charge in [0.15, 0.2) is 0 Å². The predicted molar refractivity (Wildman–Crippen MR) is 75.5 cm³/mol. The molecule has 0 radical (unpaired) electrons. The van der Waals surface area contributed by atoms with E-state index in [9.17, 15) is 0 Å². The van der Waals surface area contributed by atoms with Gasteiger partial charge >= 0.3 is 0 Å². The molecule has 2 N–H and O–H groups in total. The Morgan fingerprint density at radius 2 is 2.19 bits per heavy atom. The summed E-state index contributed by atoms with van der Waals surface area (Å²) in [5, 5.41) is 0. The number of rotatable bonds is 4. The maximum Gasteiger partial charge on any atom is 0.107 e. The van der Waals surface area contributed by atoms with Gasteiger partial charge in [-0.3, -0.25) is 0 Å². The second-order valence-electron chi connectivity index (χ2n) is 4.06. The molecule has 0 atom stereocenters. The molecule has 16 heavy (non-hydrogen) atoms. The Labute approximate surface area is 106 Å². The van der Waals surface area contributed by atoms with Gasteiger partial charge in [-0.2, -0.15) is 0 Å². The summed E-state index contributed by atoms with van der Waals surface area (Å²) >= 11 is 6.86. The van der Waals surface area contributed by atoms with Crippen molar-refractivity contribution in [3.05, 3.63) is 23.8 Å². The minimum Gasteiger partial charge on any atom is -0.389 e. The Morgan fingerprint density at radius 3 is 2.69 bits per heavy atom. The van der Waals surface area contributed by atoms with Crippen LogP contribution in [0.15, 0.2) is 23.1 Å². The summed E-state index contributed by atoms with van der Waals surface area (Å²) in [6, 6.07) is 6.92. The summed E-state index contributed by atoms with van der Waals surface area (Å²) in [6.07, 6.45) is 4.60. The minimum absolute atomic E-state index is 0.493. The zero-order chi connectivity index (χ0) is 11.7. The van der Waals surface area contributed by atoms with Crippen molar-refractivity contribution in [3.63, 3.8) is 0 Å². The van der Waals surface area contributed by atoms with Crippen LogP contribution in [0.3, 0.4) is 0 Å². The first-order valence-electron chi connectivity index (χ1n) is 5.34. The lowest BCUT2D eigenvalue weighted by Gasteiger charge is -2.23. The lowest BCUT2D eigenvalue weighted by atomic mass is 10.1. The minimum atomic E-state index is 0.493. The summed E-state index contributed by atoms with van der Waals surface area (Å²) in [5.41, 5.74) is 8.04. The van der Waals surface area contributed by atoms with Gasteiger partial charge in [0.05, 0.1) is 0 Å². The van der Waals surface area contributed by atoms with Crippen LogP contribution >= 0.6 is 24.0 Å². The molecule has 1 saturated carbocycles. The molecule has 0 unspecified atom stereocenters. The van der Waals surface area contributed by atoms with E-state index in [1.165, 1.54) is 18.5 Å². The fourth-order valence-electron chi connectivity index (χ4n) is 1.89. The van der Waals surface area contributed by atoms with Gasteiger partial charge in [-0.05, 0) is 31.2 Å². The van der Waals surface area contributed by atoms with Gasteiger partial charge in [0.2, 0.25) is 0 Å². The zero-order valence-electron chi connectivity index (χ0n) is 9.56. The molecule has 2 rings (SSSR count). The van der Waals surface area contributed by atoms with Gasteiger partial charge in [0.1, 0.15) is 4.99 Å². The van der Waals surface area contributed by atoms with Crippen molar-refractivity contribution in [2.24, 2.45) is 5.73 Å². The van der Waals surface area contributed by atoms with E-state index in [4.69, 9.17) is 18.0 Å². The van der Waals surface area contributed by atoms with Crippen LogP contribution in [-0.2, 0) is 0 Å². The third-order valence-corrected chi connectivity index (χ3v) is 3.93. The number of hydrogen-bond donors (Lipinski definition) is 1. The molecule has 0 aliphatic heterocycles. The van der Waals surface area contributed by atoms with Gasteiger partial charge in [-0.1, -0.05) is 18.3 Å². The van der Waals surface area contributed by atoms with E-state index in [0.717, 1.165) is 10.5 Å². The van der Waals surface area contributed by atoms with Crippen LogP contribution in [0.5, 0.6) is 0 Å². The smallest absolute Gasteiger partial charge is 0.107 e. The lowest BCUT2D eigenvalue weighted by molar-refractivity contribution is 0.913. The Bertz CT molecular complexity index is 413. The van der Waals surface area contributed by atoms with E-state index in [1.54, 1.807) is 11.8 Å². The summed E-state index contributed by atoms with van der Waals surface area (Å²) in [5.74, 6) is 0. The lowest BCUT2D eigenvalue weighted by Crippen LogP contribution is -2.24. The first-order chi connectivity index (χ1) is 7.65. The van der Waals surface area contributed by atoms with Gasteiger partial charge in [-0.25, -0.2) is 0 Å². The van der Waals surface area contributed by atoms with E-state index in [0.29, 0.717) is 11.0 Å². The first-order valence-corrected chi connectivity index (χ1v) is 6.98. The molecule has 1 aromatic rings. The predicted octanol–water partition coefficient (Wildman–Crippen LogP) is 2.64. The number of nitrogens with two attached hydrogens (primary N) is 1. The van der Waals surface area contributed by atoms with Crippen LogP contribution in [0, 0.1) is 0 Å². The van der Waals surface area contributed by atoms with Crippen molar-refractivity contribution >= 4 is 34.7 Å². The zero-order valence-corrected chi connectivity index (χ0v) is 11.2. The van der Waals surface area contributed by atoms with E-state index in [2.05, 4.69) is 36.4 Å². The summed E-state index contributed by atoms with van der Waals surface area (Å²) in [7, 11) is 2.12. The number of anilines is 1. The van der Waals surface area contributed by atoms with Gasteiger partial charge in [-0.15, -0.1) is 11.8 Å². The third kappa shape index (κ3) is 2.18. The quantitative estimate of drug-likeness (QED) is 0.659. The molecule has 2 nitrogen and oxygen atoms in total. The Balaban J connectivity index is 2.45. The maximum absolute atomic E-state index is 5.84. The first kappa shape index (κ1) is 11.7. The molecule has 1 aliphatic carbocycles. The molecule has 0 spiro atoms. The normalized spacial score (nSPS) is 14.9. The molecule has 4 heteroatoms. The Morgan fingerprint density at radius 1 is 1.50 bits per heavy atom. The summed E-state index contributed by atoms with van der Waals surface area (Å²) < 4.78 is 0. The van der Waals surface area contributed by atoms with Crippen molar-refractivity contribution in [1.82, 2.24) is 0 Å². The molecule has 1 fully saturated rings. The highest BCUT2D eigenvalue weighted by Gasteiger charge is 2.28. The van der Waals surface area contributed by atoms with Crippen molar-refractivity contribution < 1.29 is 0 Å². The molecule has 1 aliphatic rings. The van der Waals surface area contributed by atoms with E-state index in [1.807, 2.05) is 0 Å². The molecule has 0 saturated heterocycles. The molecule has 0 heterocycles. The van der Waals surface area contributed by atoms with Gasteiger partial charge in [0.25, 0.3) is 0 Å². The monoisotopic (exact) mass is 252 g/mol. The van der Waals surface area contributed by atoms with Crippen LogP contribution in [0.4, 0.5) is 5.69 Å². The molecule has 0 bridgehead atoms. The van der Waals surface area contributed by atoms with E-state index in [-0.39, 0.29) is 0 Å². The average Bonchev–Trinajstić information content (AvgIpc) is 3.10.